The topological polar surface area (TPSA) is 30.5 Å². The van der Waals surface area contributed by atoms with Crippen LogP contribution in [0.1, 0.15) is 19.4 Å². The van der Waals surface area contributed by atoms with Gasteiger partial charge < -0.3 is 14.8 Å². The predicted octanol–water partition coefficient (Wildman–Crippen LogP) is 3.22. The van der Waals surface area contributed by atoms with Gasteiger partial charge in [0.15, 0.2) is 0 Å². The van der Waals surface area contributed by atoms with Gasteiger partial charge in [-0.2, -0.15) is 0 Å². The van der Waals surface area contributed by atoms with Gasteiger partial charge in [0.05, 0.1) is 17.7 Å². The van der Waals surface area contributed by atoms with Crippen molar-refractivity contribution in [2.24, 2.45) is 5.92 Å². The second-order valence-corrected chi connectivity index (χ2v) is 5.49. The fraction of sp³-hybridized carbons (Fsp3) is 0.571. The zero-order chi connectivity index (χ0) is 13.4. The summed E-state index contributed by atoms with van der Waals surface area (Å²) in [6.45, 7) is 7.46. The van der Waals surface area contributed by atoms with Gasteiger partial charge in [-0.25, -0.2) is 0 Å². The molecule has 0 aliphatic rings. The number of methoxy groups -OCH3 is 1. The number of hydrogen-bond acceptors (Lipinski definition) is 3. The highest BCUT2D eigenvalue weighted by molar-refractivity contribution is 9.10. The quantitative estimate of drug-likeness (QED) is 0.747. The molecule has 0 saturated carbocycles. The third-order valence-corrected chi connectivity index (χ3v) is 3.00. The Balaban J connectivity index is 2.46. The molecule has 18 heavy (non-hydrogen) atoms. The first-order valence-electron chi connectivity index (χ1n) is 6.24. The first-order valence-corrected chi connectivity index (χ1v) is 7.03. The molecule has 0 unspecified atom stereocenters. The van der Waals surface area contributed by atoms with Crippen molar-refractivity contribution in [1.82, 2.24) is 5.32 Å². The molecule has 0 aromatic heterocycles. The number of nitrogens with one attached hydrogen (secondary N) is 1. The molecule has 0 aliphatic carbocycles. The van der Waals surface area contributed by atoms with Crippen LogP contribution in [0.3, 0.4) is 0 Å². The van der Waals surface area contributed by atoms with Crippen LogP contribution in [0, 0.1) is 5.92 Å². The average Bonchev–Trinajstić information content (AvgIpc) is 2.33. The minimum atomic E-state index is 0.535. The van der Waals surface area contributed by atoms with Crippen molar-refractivity contribution in [2.45, 2.75) is 20.4 Å². The second kappa shape index (κ2) is 8.51. The minimum Gasteiger partial charge on any atom is -0.492 e. The van der Waals surface area contributed by atoms with Gasteiger partial charge >= 0.3 is 0 Å². The molecule has 1 N–H and O–H groups in total. The standard InChI is InChI=1S/C14H22BrNO2/c1-11(2)10-18-14-5-4-12(8-13(14)15)9-16-6-7-17-3/h4-5,8,11,16H,6-7,9-10H2,1-3H3. The van der Waals surface area contributed by atoms with Gasteiger partial charge in [0.25, 0.3) is 0 Å². The van der Waals surface area contributed by atoms with Gasteiger partial charge in [-0.3, -0.25) is 0 Å². The highest BCUT2D eigenvalue weighted by Crippen LogP contribution is 2.26. The summed E-state index contributed by atoms with van der Waals surface area (Å²) in [7, 11) is 1.71. The molecule has 0 radical (unpaired) electrons. The van der Waals surface area contributed by atoms with Crippen molar-refractivity contribution < 1.29 is 9.47 Å². The number of hydrogen-bond donors (Lipinski definition) is 1. The third-order valence-electron chi connectivity index (χ3n) is 2.38. The molecular weight excluding hydrogens is 294 g/mol. The molecule has 0 spiro atoms. The van der Waals surface area contributed by atoms with E-state index < -0.39 is 0 Å². The maximum Gasteiger partial charge on any atom is 0.133 e. The lowest BCUT2D eigenvalue weighted by atomic mass is 10.2. The van der Waals surface area contributed by atoms with Gasteiger partial charge in [0, 0.05) is 20.2 Å². The van der Waals surface area contributed by atoms with E-state index >= 15 is 0 Å². The molecule has 0 bridgehead atoms. The molecule has 1 aromatic carbocycles. The average molecular weight is 316 g/mol. The molecular formula is C14H22BrNO2. The molecule has 0 fully saturated rings. The Hall–Kier alpha value is -0.580. The van der Waals surface area contributed by atoms with E-state index in [1.54, 1.807) is 7.11 Å². The van der Waals surface area contributed by atoms with Crippen LogP contribution in [0.4, 0.5) is 0 Å². The van der Waals surface area contributed by atoms with Gasteiger partial charge in [-0.05, 0) is 39.5 Å². The fourth-order valence-corrected chi connectivity index (χ4v) is 1.98. The molecule has 1 rings (SSSR count). The van der Waals surface area contributed by atoms with Crippen LogP contribution < -0.4 is 10.1 Å². The van der Waals surface area contributed by atoms with Gasteiger partial charge in [0.2, 0.25) is 0 Å². The summed E-state index contributed by atoms with van der Waals surface area (Å²) in [6.07, 6.45) is 0. The van der Waals surface area contributed by atoms with Gasteiger partial charge in [-0.1, -0.05) is 19.9 Å². The van der Waals surface area contributed by atoms with Crippen molar-refractivity contribution in [3.63, 3.8) is 0 Å². The summed E-state index contributed by atoms with van der Waals surface area (Å²) in [5, 5.41) is 3.31. The highest BCUT2D eigenvalue weighted by Gasteiger charge is 2.04. The fourth-order valence-electron chi connectivity index (χ4n) is 1.43. The molecule has 0 aliphatic heterocycles. The Morgan fingerprint density at radius 1 is 1.33 bits per heavy atom. The lowest BCUT2D eigenvalue weighted by molar-refractivity contribution is 0.199. The summed E-state index contributed by atoms with van der Waals surface area (Å²) >= 11 is 3.54. The smallest absolute Gasteiger partial charge is 0.133 e. The lowest BCUT2D eigenvalue weighted by Crippen LogP contribution is -2.18. The van der Waals surface area contributed by atoms with Crippen LogP contribution in [-0.2, 0) is 11.3 Å². The van der Waals surface area contributed by atoms with Crippen LogP contribution >= 0.6 is 15.9 Å². The van der Waals surface area contributed by atoms with Crippen molar-refractivity contribution in [2.75, 3.05) is 26.9 Å². The van der Waals surface area contributed by atoms with Crippen LogP contribution in [-0.4, -0.2) is 26.9 Å². The molecule has 3 nitrogen and oxygen atoms in total. The van der Waals surface area contributed by atoms with E-state index in [0.29, 0.717) is 5.92 Å². The summed E-state index contributed by atoms with van der Waals surface area (Å²) < 4.78 is 11.7. The van der Waals surface area contributed by atoms with Gasteiger partial charge in [-0.15, -0.1) is 0 Å². The summed E-state index contributed by atoms with van der Waals surface area (Å²) in [6, 6.07) is 6.19. The normalized spacial score (nSPS) is 10.9. The number of rotatable bonds is 8. The molecule has 4 heteroatoms. The summed E-state index contributed by atoms with van der Waals surface area (Å²) in [4.78, 5) is 0. The Bertz CT molecular complexity index is 356. The van der Waals surface area contributed by atoms with E-state index in [0.717, 1.165) is 36.5 Å². The zero-order valence-corrected chi connectivity index (χ0v) is 12.9. The third kappa shape index (κ3) is 5.85. The zero-order valence-electron chi connectivity index (χ0n) is 11.3. The second-order valence-electron chi connectivity index (χ2n) is 4.64. The first kappa shape index (κ1) is 15.5. The summed E-state index contributed by atoms with van der Waals surface area (Å²) in [5.74, 6) is 1.44. The molecule has 102 valence electrons. The van der Waals surface area contributed by atoms with E-state index in [2.05, 4.69) is 47.2 Å². The van der Waals surface area contributed by atoms with Gasteiger partial charge in [0.1, 0.15) is 5.75 Å². The van der Waals surface area contributed by atoms with Crippen molar-refractivity contribution in [3.05, 3.63) is 28.2 Å². The largest absolute Gasteiger partial charge is 0.492 e. The SMILES string of the molecule is COCCNCc1ccc(OCC(C)C)c(Br)c1. The van der Waals surface area contributed by atoms with E-state index in [-0.39, 0.29) is 0 Å². The van der Waals surface area contributed by atoms with E-state index in [1.807, 2.05) is 6.07 Å². The molecule has 0 heterocycles. The minimum absolute atomic E-state index is 0.535. The van der Waals surface area contributed by atoms with E-state index in [1.165, 1.54) is 5.56 Å². The maximum atomic E-state index is 5.71. The van der Waals surface area contributed by atoms with Crippen molar-refractivity contribution in [3.8, 4) is 5.75 Å². The Morgan fingerprint density at radius 2 is 2.11 bits per heavy atom. The molecule has 0 atom stereocenters. The van der Waals surface area contributed by atoms with Crippen molar-refractivity contribution >= 4 is 15.9 Å². The number of ether oxygens (including phenoxy) is 2. The van der Waals surface area contributed by atoms with Crippen LogP contribution in [0.2, 0.25) is 0 Å². The maximum absolute atomic E-state index is 5.71. The molecule has 0 amide bonds. The Labute approximate surface area is 118 Å². The molecule has 0 saturated heterocycles. The summed E-state index contributed by atoms with van der Waals surface area (Å²) in [5.41, 5.74) is 1.23. The van der Waals surface area contributed by atoms with Crippen LogP contribution in [0.5, 0.6) is 5.75 Å². The monoisotopic (exact) mass is 315 g/mol. The highest BCUT2D eigenvalue weighted by atomic mass is 79.9. The Kier molecular flexibility index (Phi) is 7.32. The van der Waals surface area contributed by atoms with Crippen LogP contribution in [0.25, 0.3) is 0 Å². The van der Waals surface area contributed by atoms with Crippen LogP contribution in [0.15, 0.2) is 22.7 Å². The molecule has 1 aromatic rings. The number of halogens is 1. The lowest BCUT2D eigenvalue weighted by Gasteiger charge is -2.12. The predicted molar refractivity (Wildman–Crippen MR) is 78.1 cm³/mol. The van der Waals surface area contributed by atoms with Crippen molar-refractivity contribution in [1.29, 1.82) is 0 Å². The first-order chi connectivity index (χ1) is 8.63. The van der Waals surface area contributed by atoms with E-state index in [4.69, 9.17) is 9.47 Å². The van der Waals surface area contributed by atoms with E-state index in [9.17, 15) is 0 Å². The Morgan fingerprint density at radius 3 is 2.72 bits per heavy atom. The number of benzene rings is 1.